The molecule has 6 heteroatoms. The fourth-order valence-corrected chi connectivity index (χ4v) is 2.31. The highest BCUT2D eigenvalue weighted by Gasteiger charge is 2.28. The van der Waals surface area contributed by atoms with E-state index in [1.54, 1.807) is 10.9 Å². The van der Waals surface area contributed by atoms with Gasteiger partial charge in [-0.1, -0.05) is 0 Å². The van der Waals surface area contributed by atoms with Crippen molar-refractivity contribution in [3.8, 4) is 0 Å². The monoisotopic (exact) mass is 266 g/mol. The third-order valence-corrected chi connectivity index (χ3v) is 3.60. The van der Waals surface area contributed by atoms with Gasteiger partial charge in [-0.15, -0.1) is 0 Å². The van der Waals surface area contributed by atoms with Crippen molar-refractivity contribution < 1.29 is 9.90 Å². The van der Waals surface area contributed by atoms with E-state index in [9.17, 15) is 9.90 Å². The molecule has 0 aliphatic carbocycles. The summed E-state index contributed by atoms with van der Waals surface area (Å²) in [6.45, 7) is 4.15. The Hall–Kier alpha value is -1.40. The number of nitrogens with one attached hydrogen (secondary N) is 2. The molecule has 1 saturated heterocycles. The van der Waals surface area contributed by atoms with E-state index >= 15 is 0 Å². The lowest BCUT2D eigenvalue weighted by Crippen LogP contribution is -2.44. The lowest BCUT2D eigenvalue weighted by Gasteiger charge is -2.26. The highest BCUT2D eigenvalue weighted by molar-refractivity contribution is 5.75. The Labute approximate surface area is 113 Å². The Morgan fingerprint density at radius 1 is 1.58 bits per heavy atom. The summed E-state index contributed by atoms with van der Waals surface area (Å²) in [7, 11) is 0. The molecule has 1 aromatic rings. The van der Waals surface area contributed by atoms with Crippen LogP contribution in [-0.4, -0.2) is 46.0 Å². The number of carbonyl (C=O) groups excluding carboxylic acids is 1. The Morgan fingerprint density at radius 3 is 3.16 bits per heavy atom. The van der Waals surface area contributed by atoms with Crippen LogP contribution in [0, 0.1) is 6.92 Å². The number of aromatic nitrogens is 2. The first-order valence-electron chi connectivity index (χ1n) is 6.77. The molecule has 3 N–H and O–H groups in total. The van der Waals surface area contributed by atoms with Gasteiger partial charge < -0.3 is 15.7 Å². The van der Waals surface area contributed by atoms with E-state index in [1.165, 1.54) is 0 Å². The standard InChI is InChI=1S/C13H22N4O2/c1-11-3-7-16-17(11)9-12(18)15-10-13(19)4-2-6-14-8-5-13/h3,7,14,19H,2,4-6,8-10H2,1H3,(H,15,18)/t13-/m0/s1. The average Bonchev–Trinajstić information content (AvgIpc) is 2.64. The van der Waals surface area contributed by atoms with Crippen LogP contribution >= 0.6 is 0 Å². The van der Waals surface area contributed by atoms with Crippen molar-refractivity contribution in [3.63, 3.8) is 0 Å². The molecule has 1 aliphatic heterocycles. The van der Waals surface area contributed by atoms with Gasteiger partial charge >= 0.3 is 0 Å². The molecular weight excluding hydrogens is 244 g/mol. The van der Waals surface area contributed by atoms with Crippen molar-refractivity contribution in [1.82, 2.24) is 20.4 Å². The molecule has 0 spiro atoms. The van der Waals surface area contributed by atoms with Gasteiger partial charge in [0.1, 0.15) is 6.54 Å². The van der Waals surface area contributed by atoms with E-state index in [1.807, 2.05) is 13.0 Å². The molecular formula is C13H22N4O2. The van der Waals surface area contributed by atoms with Crippen molar-refractivity contribution in [2.45, 2.75) is 38.3 Å². The Balaban J connectivity index is 1.81. The molecule has 1 aliphatic rings. The molecule has 2 rings (SSSR count). The van der Waals surface area contributed by atoms with E-state index in [0.717, 1.165) is 31.6 Å². The number of hydrogen-bond donors (Lipinski definition) is 3. The van der Waals surface area contributed by atoms with Crippen molar-refractivity contribution in [1.29, 1.82) is 0 Å². The molecule has 6 nitrogen and oxygen atoms in total. The zero-order valence-corrected chi connectivity index (χ0v) is 11.4. The SMILES string of the molecule is Cc1ccnn1CC(=O)NC[C@]1(O)CCCNCC1. The molecule has 1 aromatic heterocycles. The molecule has 0 bridgehead atoms. The molecule has 0 saturated carbocycles. The Bertz CT molecular complexity index is 422. The molecule has 0 aromatic carbocycles. The van der Waals surface area contributed by atoms with Crippen molar-refractivity contribution in [3.05, 3.63) is 18.0 Å². The van der Waals surface area contributed by atoms with Gasteiger partial charge in [0.2, 0.25) is 5.91 Å². The molecule has 106 valence electrons. The second-order valence-electron chi connectivity index (χ2n) is 5.23. The quantitative estimate of drug-likeness (QED) is 0.706. The van der Waals surface area contributed by atoms with Crippen molar-refractivity contribution >= 4 is 5.91 Å². The van der Waals surface area contributed by atoms with Crippen LogP contribution in [0.4, 0.5) is 0 Å². The van der Waals surface area contributed by atoms with Gasteiger partial charge in [0, 0.05) is 18.4 Å². The van der Waals surface area contributed by atoms with Crippen LogP contribution in [-0.2, 0) is 11.3 Å². The minimum atomic E-state index is -0.779. The first-order valence-corrected chi connectivity index (χ1v) is 6.77. The van der Waals surface area contributed by atoms with Crippen LogP contribution in [0.2, 0.25) is 0 Å². The first kappa shape index (κ1) is 14.0. The lowest BCUT2D eigenvalue weighted by atomic mass is 9.95. The fraction of sp³-hybridized carbons (Fsp3) is 0.692. The maximum Gasteiger partial charge on any atom is 0.241 e. The van der Waals surface area contributed by atoms with E-state index < -0.39 is 5.60 Å². The summed E-state index contributed by atoms with van der Waals surface area (Å²) in [5, 5.41) is 20.5. The minimum absolute atomic E-state index is 0.113. The molecule has 0 unspecified atom stereocenters. The van der Waals surface area contributed by atoms with Crippen LogP contribution in [0.15, 0.2) is 12.3 Å². The molecule has 2 heterocycles. The number of amides is 1. The molecule has 19 heavy (non-hydrogen) atoms. The predicted octanol–water partition coefficient (Wildman–Crippen LogP) is -0.188. The number of nitrogens with zero attached hydrogens (tertiary/aromatic N) is 2. The molecule has 0 radical (unpaired) electrons. The minimum Gasteiger partial charge on any atom is -0.388 e. The fourth-order valence-electron chi connectivity index (χ4n) is 2.31. The lowest BCUT2D eigenvalue weighted by molar-refractivity contribution is -0.123. The number of hydrogen-bond acceptors (Lipinski definition) is 4. The van der Waals surface area contributed by atoms with Crippen LogP contribution < -0.4 is 10.6 Å². The second-order valence-corrected chi connectivity index (χ2v) is 5.23. The normalized spacial score (nSPS) is 23.9. The number of aryl methyl sites for hydroxylation is 1. The number of aliphatic hydroxyl groups is 1. The van der Waals surface area contributed by atoms with Gasteiger partial charge in [0.15, 0.2) is 0 Å². The smallest absolute Gasteiger partial charge is 0.241 e. The third-order valence-electron chi connectivity index (χ3n) is 3.60. The van der Waals surface area contributed by atoms with Gasteiger partial charge in [-0.3, -0.25) is 9.48 Å². The maximum atomic E-state index is 11.8. The summed E-state index contributed by atoms with van der Waals surface area (Å²) in [5.74, 6) is -0.113. The van der Waals surface area contributed by atoms with Gasteiger partial charge in [-0.2, -0.15) is 5.10 Å². The largest absolute Gasteiger partial charge is 0.388 e. The van der Waals surface area contributed by atoms with E-state index in [-0.39, 0.29) is 12.5 Å². The summed E-state index contributed by atoms with van der Waals surface area (Å²) in [6.07, 6.45) is 4.01. The summed E-state index contributed by atoms with van der Waals surface area (Å²) < 4.78 is 1.65. The summed E-state index contributed by atoms with van der Waals surface area (Å²) in [6, 6.07) is 1.86. The maximum absolute atomic E-state index is 11.8. The molecule has 1 fully saturated rings. The zero-order chi connectivity index (χ0) is 13.7. The Kier molecular flexibility index (Phi) is 4.55. The van der Waals surface area contributed by atoms with Crippen LogP contribution in [0.3, 0.4) is 0 Å². The predicted molar refractivity (Wildman–Crippen MR) is 71.6 cm³/mol. The second kappa shape index (κ2) is 6.16. The van der Waals surface area contributed by atoms with E-state index in [0.29, 0.717) is 13.0 Å². The van der Waals surface area contributed by atoms with Crippen molar-refractivity contribution in [2.24, 2.45) is 0 Å². The van der Waals surface area contributed by atoms with Gasteiger partial charge in [-0.25, -0.2) is 0 Å². The van der Waals surface area contributed by atoms with Crippen LogP contribution in [0.5, 0.6) is 0 Å². The Morgan fingerprint density at radius 2 is 2.42 bits per heavy atom. The average molecular weight is 266 g/mol. The zero-order valence-electron chi connectivity index (χ0n) is 11.4. The van der Waals surface area contributed by atoms with Crippen molar-refractivity contribution in [2.75, 3.05) is 19.6 Å². The van der Waals surface area contributed by atoms with Gasteiger partial charge in [0.05, 0.1) is 5.60 Å². The number of rotatable bonds is 4. The third kappa shape index (κ3) is 4.04. The van der Waals surface area contributed by atoms with Gasteiger partial charge in [-0.05, 0) is 45.3 Å². The topological polar surface area (TPSA) is 79.2 Å². The number of carbonyl (C=O) groups is 1. The highest BCUT2D eigenvalue weighted by atomic mass is 16.3. The first-order chi connectivity index (χ1) is 9.09. The van der Waals surface area contributed by atoms with E-state index in [2.05, 4.69) is 15.7 Å². The summed E-state index contributed by atoms with van der Waals surface area (Å²) in [5.41, 5.74) is 0.172. The van der Waals surface area contributed by atoms with Crippen LogP contribution in [0.25, 0.3) is 0 Å². The highest BCUT2D eigenvalue weighted by Crippen LogP contribution is 2.18. The molecule has 1 atom stereocenters. The van der Waals surface area contributed by atoms with E-state index in [4.69, 9.17) is 0 Å². The summed E-state index contributed by atoms with van der Waals surface area (Å²) >= 11 is 0. The molecule has 1 amide bonds. The van der Waals surface area contributed by atoms with Gasteiger partial charge in [0.25, 0.3) is 0 Å². The summed E-state index contributed by atoms with van der Waals surface area (Å²) in [4.78, 5) is 11.8. The van der Waals surface area contributed by atoms with Crippen LogP contribution in [0.1, 0.15) is 25.0 Å².